The summed E-state index contributed by atoms with van der Waals surface area (Å²) >= 11 is 0. The molecule has 2 amide bonds. The summed E-state index contributed by atoms with van der Waals surface area (Å²) in [6.45, 7) is 8.48. The van der Waals surface area contributed by atoms with Gasteiger partial charge in [0.1, 0.15) is 0 Å². The minimum absolute atomic E-state index is 0.0474. The third kappa shape index (κ3) is 8.21. The lowest BCUT2D eigenvalue weighted by Crippen LogP contribution is -2.41. The molecule has 3 aliphatic heterocycles. The fourth-order valence-corrected chi connectivity index (χ4v) is 6.99. The maximum absolute atomic E-state index is 13.7. The molecule has 42 heavy (non-hydrogen) atoms. The van der Waals surface area contributed by atoms with Crippen LogP contribution < -0.4 is 10.2 Å². The standard InChI is InChI=1S/C35H50N4O3/c1-28(40)39-22-12-4-2-3-9-21-38(32-17-23-42-24-18-32)27-31-25-30(15-16-33(31)39)35(41)36-26-34(29-13-7-5-8-14-29)37-19-10-6-11-20-37/h5,7-8,13-16,25,32,34H,2-4,6,9-12,17-24,26-27H2,1H3,(H,36,41). The van der Waals surface area contributed by atoms with Gasteiger partial charge in [0.25, 0.3) is 5.91 Å². The van der Waals surface area contributed by atoms with Crippen LogP contribution in [0.5, 0.6) is 0 Å². The number of nitrogens with zero attached hydrogens (tertiary/aromatic N) is 3. The number of hydrogen-bond acceptors (Lipinski definition) is 5. The number of hydrogen-bond donors (Lipinski definition) is 1. The van der Waals surface area contributed by atoms with E-state index in [4.69, 9.17) is 4.74 Å². The Morgan fingerprint density at radius 1 is 0.857 bits per heavy atom. The first kappa shape index (κ1) is 30.7. The van der Waals surface area contributed by atoms with Crippen molar-refractivity contribution in [1.82, 2.24) is 15.1 Å². The lowest BCUT2D eigenvalue weighted by molar-refractivity contribution is -0.116. The van der Waals surface area contributed by atoms with E-state index >= 15 is 0 Å². The Kier molecular flexibility index (Phi) is 11.4. The van der Waals surface area contributed by atoms with Crippen LogP contribution in [0.1, 0.15) is 98.7 Å². The van der Waals surface area contributed by atoms with Gasteiger partial charge in [-0.25, -0.2) is 0 Å². The molecule has 2 fully saturated rings. The molecule has 2 saturated heterocycles. The molecule has 2 aromatic rings. The van der Waals surface area contributed by atoms with E-state index < -0.39 is 0 Å². The van der Waals surface area contributed by atoms with Crippen LogP contribution in [0.25, 0.3) is 0 Å². The van der Waals surface area contributed by atoms with Gasteiger partial charge in [0.05, 0.1) is 6.04 Å². The monoisotopic (exact) mass is 574 g/mol. The minimum Gasteiger partial charge on any atom is -0.381 e. The Balaban J connectivity index is 1.39. The van der Waals surface area contributed by atoms with Gasteiger partial charge in [0.15, 0.2) is 0 Å². The maximum atomic E-state index is 13.7. The van der Waals surface area contributed by atoms with Crippen molar-refractivity contribution in [3.63, 3.8) is 0 Å². The molecular formula is C35H50N4O3. The van der Waals surface area contributed by atoms with E-state index in [2.05, 4.69) is 51.5 Å². The van der Waals surface area contributed by atoms with Crippen molar-refractivity contribution >= 4 is 17.5 Å². The van der Waals surface area contributed by atoms with Crippen molar-refractivity contribution in [2.45, 2.75) is 89.8 Å². The first-order valence-corrected chi connectivity index (χ1v) is 16.4. The van der Waals surface area contributed by atoms with Gasteiger partial charge in [-0.15, -0.1) is 0 Å². The average molecular weight is 575 g/mol. The Labute approximate surface area is 252 Å². The van der Waals surface area contributed by atoms with Crippen LogP contribution in [0.15, 0.2) is 48.5 Å². The molecule has 1 atom stereocenters. The van der Waals surface area contributed by atoms with Crippen molar-refractivity contribution in [3.05, 3.63) is 65.2 Å². The predicted octanol–water partition coefficient (Wildman–Crippen LogP) is 5.94. The van der Waals surface area contributed by atoms with E-state index in [9.17, 15) is 9.59 Å². The van der Waals surface area contributed by atoms with Gasteiger partial charge < -0.3 is 15.0 Å². The van der Waals surface area contributed by atoms with Crippen LogP contribution in [-0.4, -0.2) is 73.6 Å². The molecule has 3 aliphatic rings. The number of carbonyl (C=O) groups excluding carboxylic acids is 2. The zero-order valence-corrected chi connectivity index (χ0v) is 25.6. The molecule has 0 radical (unpaired) electrons. The molecular weight excluding hydrogens is 524 g/mol. The molecule has 7 heteroatoms. The molecule has 0 aliphatic carbocycles. The second-order valence-electron chi connectivity index (χ2n) is 12.3. The van der Waals surface area contributed by atoms with Crippen LogP contribution in [0.3, 0.4) is 0 Å². The summed E-state index contributed by atoms with van der Waals surface area (Å²) in [6.07, 6.45) is 11.5. The number of anilines is 1. The topological polar surface area (TPSA) is 65.1 Å². The van der Waals surface area contributed by atoms with E-state index in [0.29, 0.717) is 18.2 Å². The molecule has 1 unspecified atom stereocenters. The van der Waals surface area contributed by atoms with Gasteiger partial charge >= 0.3 is 0 Å². The Morgan fingerprint density at radius 3 is 2.26 bits per heavy atom. The number of benzene rings is 2. The Morgan fingerprint density at radius 2 is 1.52 bits per heavy atom. The minimum atomic E-state index is -0.0474. The van der Waals surface area contributed by atoms with E-state index in [0.717, 1.165) is 82.9 Å². The summed E-state index contributed by atoms with van der Waals surface area (Å²) < 4.78 is 5.68. The molecule has 7 nitrogen and oxygen atoms in total. The van der Waals surface area contributed by atoms with Crippen molar-refractivity contribution < 1.29 is 14.3 Å². The lowest BCUT2D eigenvalue weighted by atomic mass is 10.00. The van der Waals surface area contributed by atoms with Crippen molar-refractivity contribution in [1.29, 1.82) is 0 Å². The van der Waals surface area contributed by atoms with Crippen LogP contribution in [-0.2, 0) is 16.1 Å². The lowest BCUT2D eigenvalue weighted by Gasteiger charge is -2.36. The summed E-state index contributed by atoms with van der Waals surface area (Å²) in [4.78, 5) is 33.6. The molecule has 2 aromatic carbocycles. The number of nitrogens with one attached hydrogen (secondary N) is 1. The highest BCUT2D eigenvalue weighted by molar-refractivity contribution is 5.97. The molecule has 3 heterocycles. The summed E-state index contributed by atoms with van der Waals surface area (Å²) in [5.74, 6) is 0.0178. The van der Waals surface area contributed by atoms with Gasteiger partial charge in [0.2, 0.25) is 5.91 Å². The summed E-state index contributed by atoms with van der Waals surface area (Å²) in [5.41, 5.74) is 3.94. The molecule has 0 saturated carbocycles. The van der Waals surface area contributed by atoms with Crippen LogP contribution >= 0.6 is 0 Å². The van der Waals surface area contributed by atoms with E-state index in [1.54, 1.807) is 6.92 Å². The highest BCUT2D eigenvalue weighted by atomic mass is 16.5. The van der Waals surface area contributed by atoms with Crippen molar-refractivity contribution in [2.24, 2.45) is 0 Å². The third-order valence-corrected chi connectivity index (χ3v) is 9.39. The largest absolute Gasteiger partial charge is 0.381 e. The Hall–Kier alpha value is -2.74. The van der Waals surface area contributed by atoms with Crippen LogP contribution in [0.2, 0.25) is 0 Å². The smallest absolute Gasteiger partial charge is 0.251 e. The number of ether oxygens (including phenoxy) is 1. The van der Waals surface area contributed by atoms with Crippen LogP contribution in [0, 0.1) is 0 Å². The fourth-order valence-electron chi connectivity index (χ4n) is 6.99. The highest BCUT2D eigenvalue weighted by Crippen LogP contribution is 2.29. The van der Waals surface area contributed by atoms with Gasteiger partial charge in [-0.2, -0.15) is 0 Å². The molecule has 5 rings (SSSR count). The number of piperidine rings is 1. The van der Waals surface area contributed by atoms with Gasteiger partial charge in [-0.3, -0.25) is 19.4 Å². The Bertz CT molecular complexity index is 1140. The molecule has 0 spiro atoms. The van der Waals surface area contributed by atoms with E-state index in [1.165, 1.54) is 44.1 Å². The summed E-state index contributed by atoms with van der Waals surface area (Å²) in [5, 5.41) is 3.29. The second-order valence-corrected chi connectivity index (χ2v) is 12.3. The molecule has 1 N–H and O–H groups in total. The van der Waals surface area contributed by atoms with E-state index in [1.807, 2.05) is 17.0 Å². The second kappa shape index (κ2) is 15.6. The van der Waals surface area contributed by atoms with Gasteiger partial charge in [-0.1, -0.05) is 56.0 Å². The van der Waals surface area contributed by atoms with Crippen molar-refractivity contribution in [2.75, 3.05) is 50.8 Å². The number of likely N-dealkylation sites (tertiary alicyclic amines) is 1. The number of rotatable bonds is 6. The highest BCUT2D eigenvalue weighted by Gasteiger charge is 2.26. The summed E-state index contributed by atoms with van der Waals surface area (Å²) in [7, 11) is 0. The number of fused-ring (bicyclic) bond motifs is 1. The third-order valence-electron chi connectivity index (χ3n) is 9.39. The predicted molar refractivity (Wildman–Crippen MR) is 169 cm³/mol. The van der Waals surface area contributed by atoms with Crippen molar-refractivity contribution in [3.8, 4) is 0 Å². The quantitative estimate of drug-likeness (QED) is 0.463. The molecule has 0 aromatic heterocycles. The maximum Gasteiger partial charge on any atom is 0.251 e. The van der Waals surface area contributed by atoms with Gasteiger partial charge in [0, 0.05) is 57.1 Å². The average Bonchev–Trinajstić information content (AvgIpc) is 3.02. The molecule has 0 bridgehead atoms. The zero-order valence-electron chi connectivity index (χ0n) is 25.6. The normalized spacial score (nSPS) is 21.0. The first-order valence-electron chi connectivity index (χ1n) is 16.4. The van der Waals surface area contributed by atoms with Crippen LogP contribution in [0.4, 0.5) is 5.69 Å². The fraction of sp³-hybridized carbons (Fsp3) is 0.600. The zero-order chi connectivity index (χ0) is 29.1. The SMILES string of the molecule is CC(=O)N1CCCCCCCN(C2CCOCC2)Cc2cc(C(=O)NCC(c3ccccc3)N3CCCCC3)ccc21. The van der Waals surface area contributed by atoms with E-state index in [-0.39, 0.29) is 17.9 Å². The number of amides is 2. The number of carbonyl (C=O) groups is 2. The summed E-state index contributed by atoms with van der Waals surface area (Å²) in [6, 6.07) is 17.2. The van der Waals surface area contributed by atoms with Gasteiger partial charge in [-0.05, 0) is 87.5 Å². The first-order chi connectivity index (χ1) is 20.6. The molecule has 228 valence electrons.